The Bertz CT molecular complexity index is 873. The average molecular weight is 360 g/mol. The number of carbonyl (C=O) groups excluding carboxylic acids is 1. The molecule has 6 nitrogen and oxygen atoms in total. The molecule has 2 aromatic heterocycles. The lowest BCUT2D eigenvalue weighted by Gasteiger charge is -2.04. The molecule has 0 aliphatic heterocycles. The quantitative estimate of drug-likeness (QED) is 0.710. The summed E-state index contributed by atoms with van der Waals surface area (Å²) in [5.74, 6) is 0.656. The van der Waals surface area contributed by atoms with E-state index in [2.05, 4.69) is 20.6 Å². The van der Waals surface area contributed by atoms with Crippen molar-refractivity contribution in [2.24, 2.45) is 0 Å². The lowest BCUT2D eigenvalue weighted by atomic mass is 10.3. The summed E-state index contributed by atoms with van der Waals surface area (Å²) in [7, 11) is 1.64. The number of amides is 1. The highest BCUT2D eigenvalue weighted by atomic mass is 32.1. The summed E-state index contributed by atoms with van der Waals surface area (Å²) >= 11 is 2.93. The SMILES string of the molecule is COc1cccc(Nc2nc(-c3sc(NC(C)=O)nc3C)cs2)c1. The molecule has 0 fully saturated rings. The van der Waals surface area contributed by atoms with Crippen LogP contribution in [0.15, 0.2) is 29.6 Å². The Morgan fingerprint density at radius 3 is 2.83 bits per heavy atom. The molecule has 2 N–H and O–H groups in total. The second-order valence-corrected chi connectivity index (χ2v) is 6.87. The highest BCUT2D eigenvalue weighted by Gasteiger charge is 2.14. The molecule has 0 saturated heterocycles. The summed E-state index contributed by atoms with van der Waals surface area (Å²) in [6.07, 6.45) is 0. The van der Waals surface area contributed by atoms with Crippen LogP contribution in [0.2, 0.25) is 0 Å². The summed E-state index contributed by atoms with van der Waals surface area (Å²) in [6, 6.07) is 7.68. The Hall–Kier alpha value is -2.45. The molecule has 0 atom stereocenters. The number of anilines is 3. The summed E-state index contributed by atoms with van der Waals surface area (Å²) in [5.41, 5.74) is 2.61. The van der Waals surface area contributed by atoms with E-state index in [-0.39, 0.29) is 5.91 Å². The van der Waals surface area contributed by atoms with E-state index >= 15 is 0 Å². The standard InChI is InChI=1S/C16H16N4O2S2/c1-9-14(24-16(17-9)18-10(2)21)13-8-23-15(20-13)19-11-5-4-6-12(7-11)22-3/h4-8H,1-3H3,(H,19,20)(H,17,18,21). The Morgan fingerprint density at radius 2 is 2.08 bits per heavy atom. The second-order valence-electron chi connectivity index (χ2n) is 5.01. The maximum atomic E-state index is 11.2. The van der Waals surface area contributed by atoms with Crippen LogP contribution in [0.4, 0.5) is 16.0 Å². The van der Waals surface area contributed by atoms with Gasteiger partial charge in [-0.25, -0.2) is 9.97 Å². The molecule has 8 heteroatoms. The van der Waals surface area contributed by atoms with E-state index in [1.807, 2.05) is 36.6 Å². The van der Waals surface area contributed by atoms with Crippen molar-refractivity contribution in [3.05, 3.63) is 35.3 Å². The molecule has 0 aliphatic carbocycles. The van der Waals surface area contributed by atoms with Crippen LogP contribution in [-0.4, -0.2) is 23.0 Å². The van der Waals surface area contributed by atoms with Crippen molar-refractivity contribution >= 4 is 44.5 Å². The molecule has 0 bridgehead atoms. The monoisotopic (exact) mass is 360 g/mol. The van der Waals surface area contributed by atoms with Crippen LogP contribution >= 0.6 is 22.7 Å². The Labute approximate surface area is 147 Å². The summed E-state index contributed by atoms with van der Waals surface area (Å²) in [5, 5.41) is 9.32. The molecule has 24 heavy (non-hydrogen) atoms. The fourth-order valence-electron chi connectivity index (χ4n) is 2.10. The van der Waals surface area contributed by atoms with Gasteiger partial charge in [0.2, 0.25) is 5.91 Å². The van der Waals surface area contributed by atoms with Crippen LogP contribution in [0.1, 0.15) is 12.6 Å². The van der Waals surface area contributed by atoms with E-state index in [0.29, 0.717) is 5.13 Å². The van der Waals surface area contributed by atoms with Crippen LogP contribution in [0.25, 0.3) is 10.6 Å². The fraction of sp³-hybridized carbons (Fsp3) is 0.188. The normalized spacial score (nSPS) is 10.5. The van der Waals surface area contributed by atoms with Crippen molar-refractivity contribution < 1.29 is 9.53 Å². The first-order chi connectivity index (χ1) is 11.5. The Morgan fingerprint density at radius 1 is 1.25 bits per heavy atom. The largest absolute Gasteiger partial charge is 0.497 e. The molecule has 1 aromatic carbocycles. The number of nitrogens with zero attached hydrogens (tertiary/aromatic N) is 2. The first-order valence-corrected chi connectivity index (χ1v) is 8.87. The first kappa shape index (κ1) is 16.4. The summed E-state index contributed by atoms with van der Waals surface area (Å²) in [4.78, 5) is 21.1. The molecular formula is C16H16N4O2S2. The van der Waals surface area contributed by atoms with E-state index in [1.54, 1.807) is 7.11 Å². The van der Waals surface area contributed by atoms with Crippen molar-refractivity contribution in [2.45, 2.75) is 13.8 Å². The lowest BCUT2D eigenvalue weighted by Crippen LogP contribution is -2.04. The van der Waals surface area contributed by atoms with E-state index < -0.39 is 0 Å². The number of carbonyl (C=O) groups is 1. The minimum absolute atomic E-state index is 0.131. The number of rotatable bonds is 5. The number of methoxy groups -OCH3 is 1. The molecule has 1 amide bonds. The third-order valence-corrected chi connectivity index (χ3v) is 4.99. The maximum Gasteiger partial charge on any atom is 0.223 e. The fourth-order valence-corrected chi connectivity index (χ4v) is 3.87. The van der Waals surface area contributed by atoms with Gasteiger partial charge < -0.3 is 15.4 Å². The third kappa shape index (κ3) is 3.72. The molecule has 0 spiro atoms. The van der Waals surface area contributed by atoms with Gasteiger partial charge in [-0.3, -0.25) is 4.79 Å². The molecular weight excluding hydrogens is 344 g/mol. The van der Waals surface area contributed by atoms with E-state index in [4.69, 9.17) is 4.74 Å². The summed E-state index contributed by atoms with van der Waals surface area (Å²) in [6.45, 7) is 3.38. The Balaban J connectivity index is 1.80. The first-order valence-electron chi connectivity index (χ1n) is 7.17. The zero-order chi connectivity index (χ0) is 17.1. The van der Waals surface area contributed by atoms with Gasteiger partial charge in [-0.1, -0.05) is 17.4 Å². The smallest absolute Gasteiger partial charge is 0.223 e. The van der Waals surface area contributed by atoms with Crippen molar-refractivity contribution in [1.82, 2.24) is 9.97 Å². The molecule has 0 saturated carbocycles. The zero-order valence-corrected chi connectivity index (χ0v) is 15.0. The minimum atomic E-state index is -0.131. The number of thiazole rings is 2. The lowest BCUT2D eigenvalue weighted by molar-refractivity contribution is -0.114. The second kappa shape index (κ2) is 6.98. The molecule has 2 heterocycles. The van der Waals surface area contributed by atoms with Crippen LogP contribution in [-0.2, 0) is 4.79 Å². The van der Waals surface area contributed by atoms with Gasteiger partial charge in [0.15, 0.2) is 10.3 Å². The van der Waals surface area contributed by atoms with Gasteiger partial charge in [0, 0.05) is 24.1 Å². The van der Waals surface area contributed by atoms with Crippen molar-refractivity contribution in [3.63, 3.8) is 0 Å². The molecule has 3 rings (SSSR count). The van der Waals surface area contributed by atoms with Gasteiger partial charge in [-0.05, 0) is 19.1 Å². The Kier molecular flexibility index (Phi) is 4.77. The maximum absolute atomic E-state index is 11.2. The third-order valence-electron chi connectivity index (χ3n) is 3.14. The number of nitrogens with one attached hydrogen (secondary N) is 2. The van der Waals surface area contributed by atoms with Gasteiger partial charge in [-0.15, -0.1) is 11.3 Å². The predicted molar refractivity (Wildman–Crippen MR) is 98.5 cm³/mol. The highest BCUT2D eigenvalue weighted by Crippen LogP contribution is 2.35. The van der Waals surface area contributed by atoms with Crippen LogP contribution < -0.4 is 15.4 Å². The van der Waals surface area contributed by atoms with E-state index in [1.165, 1.54) is 29.6 Å². The highest BCUT2D eigenvalue weighted by molar-refractivity contribution is 7.20. The van der Waals surface area contributed by atoms with Crippen LogP contribution in [0.3, 0.4) is 0 Å². The number of ether oxygens (including phenoxy) is 1. The number of hydrogen-bond donors (Lipinski definition) is 2. The number of benzene rings is 1. The zero-order valence-electron chi connectivity index (χ0n) is 13.4. The van der Waals surface area contributed by atoms with Gasteiger partial charge in [0.1, 0.15) is 5.75 Å². The molecule has 124 valence electrons. The van der Waals surface area contributed by atoms with Crippen molar-refractivity contribution in [3.8, 4) is 16.3 Å². The van der Waals surface area contributed by atoms with Crippen LogP contribution in [0, 0.1) is 6.92 Å². The van der Waals surface area contributed by atoms with Gasteiger partial charge in [0.25, 0.3) is 0 Å². The van der Waals surface area contributed by atoms with Gasteiger partial charge in [-0.2, -0.15) is 0 Å². The average Bonchev–Trinajstić information content (AvgIpc) is 3.13. The topological polar surface area (TPSA) is 76.1 Å². The summed E-state index contributed by atoms with van der Waals surface area (Å²) < 4.78 is 5.22. The molecule has 0 radical (unpaired) electrons. The van der Waals surface area contributed by atoms with Crippen LogP contribution in [0.5, 0.6) is 5.75 Å². The van der Waals surface area contributed by atoms with Crippen molar-refractivity contribution in [1.29, 1.82) is 0 Å². The molecule has 0 aliphatic rings. The number of hydrogen-bond acceptors (Lipinski definition) is 7. The molecule has 0 unspecified atom stereocenters. The van der Waals surface area contributed by atoms with E-state index in [0.717, 1.165) is 32.8 Å². The van der Waals surface area contributed by atoms with Gasteiger partial charge in [0.05, 0.1) is 23.4 Å². The molecule has 3 aromatic rings. The predicted octanol–water partition coefficient (Wildman–Crippen LogP) is 4.29. The van der Waals surface area contributed by atoms with Crippen molar-refractivity contribution in [2.75, 3.05) is 17.7 Å². The number of aryl methyl sites for hydroxylation is 1. The van der Waals surface area contributed by atoms with Gasteiger partial charge >= 0.3 is 0 Å². The van der Waals surface area contributed by atoms with E-state index in [9.17, 15) is 4.79 Å². The number of aromatic nitrogens is 2. The minimum Gasteiger partial charge on any atom is -0.497 e.